The number of halogens is 1. The van der Waals surface area contributed by atoms with Crippen LogP contribution in [0.4, 0.5) is 15.8 Å². The SMILES string of the molecule is O=C(Nc1cccc(N2CCCC2)c1)C1(c2ccccc2F)CC1. The highest BCUT2D eigenvalue weighted by Gasteiger charge is 2.52. The van der Waals surface area contributed by atoms with Crippen molar-refractivity contribution >= 4 is 17.3 Å². The van der Waals surface area contributed by atoms with Crippen LogP contribution in [-0.2, 0) is 10.2 Å². The van der Waals surface area contributed by atoms with E-state index in [0.717, 1.165) is 24.5 Å². The van der Waals surface area contributed by atoms with Gasteiger partial charge in [-0.2, -0.15) is 0 Å². The number of hydrogen-bond donors (Lipinski definition) is 1. The third-order valence-electron chi connectivity index (χ3n) is 5.15. The molecule has 2 aromatic rings. The van der Waals surface area contributed by atoms with E-state index in [4.69, 9.17) is 0 Å². The number of benzene rings is 2. The van der Waals surface area contributed by atoms with Crippen molar-refractivity contribution in [2.24, 2.45) is 0 Å². The first-order chi connectivity index (χ1) is 11.7. The fourth-order valence-electron chi connectivity index (χ4n) is 3.60. The van der Waals surface area contributed by atoms with Crippen molar-refractivity contribution in [2.45, 2.75) is 31.1 Å². The molecule has 2 fully saturated rings. The molecule has 1 N–H and O–H groups in total. The van der Waals surface area contributed by atoms with Gasteiger partial charge in [0.15, 0.2) is 0 Å². The van der Waals surface area contributed by atoms with Gasteiger partial charge in [0.05, 0.1) is 5.41 Å². The van der Waals surface area contributed by atoms with E-state index in [1.165, 1.54) is 18.9 Å². The molecule has 1 saturated carbocycles. The molecular formula is C20H21FN2O. The Bertz CT molecular complexity index is 764. The fraction of sp³-hybridized carbons (Fsp3) is 0.350. The largest absolute Gasteiger partial charge is 0.371 e. The molecule has 2 aliphatic rings. The number of rotatable bonds is 4. The summed E-state index contributed by atoms with van der Waals surface area (Å²) in [6.07, 6.45) is 3.83. The second-order valence-electron chi connectivity index (χ2n) is 6.76. The van der Waals surface area contributed by atoms with Crippen LogP contribution in [0.5, 0.6) is 0 Å². The number of anilines is 2. The number of nitrogens with zero attached hydrogens (tertiary/aromatic N) is 1. The van der Waals surface area contributed by atoms with Crippen LogP contribution >= 0.6 is 0 Å². The van der Waals surface area contributed by atoms with Gasteiger partial charge in [-0.3, -0.25) is 4.79 Å². The molecule has 0 atom stereocenters. The van der Waals surface area contributed by atoms with Crippen LogP contribution in [0.2, 0.25) is 0 Å². The normalized spacial score (nSPS) is 18.5. The fourth-order valence-corrected chi connectivity index (χ4v) is 3.60. The Morgan fingerprint density at radius 3 is 2.50 bits per heavy atom. The second kappa shape index (κ2) is 5.93. The minimum Gasteiger partial charge on any atom is -0.371 e. The monoisotopic (exact) mass is 324 g/mol. The average molecular weight is 324 g/mol. The number of hydrogen-bond acceptors (Lipinski definition) is 2. The van der Waals surface area contributed by atoms with E-state index in [0.29, 0.717) is 18.4 Å². The standard InChI is InChI=1S/C20H21FN2O/c21-18-9-2-1-8-17(18)20(10-11-20)19(24)22-15-6-5-7-16(14-15)23-12-3-4-13-23/h1-2,5-9,14H,3-4,10-13H2,(H,22,24). The zero-order valence-corrected chi connectivity index (χ0v) is 13.6. The first-order valence-electron chi connectivity index (χ1n) is 8.60. The van der Waals surface area contributed by atoms with Gasteiger partial charge in [0, 0.05) is 30.0 Å². The minimum absolute atomic E-state index is 0.105. The van der Waals surface area contributed by atoms with Crippen molar-refractivity contribution in [1.82, 2.24) is 0 Å². The van der Waals surface area contributed by atoms with Crippen LogP contribution in [0.3, 0.4) is 0 Å². The van der Waals surface area contributed by atoms with Gasteiger partial charge in [-0.25, -0.2) is 4.39 Å². The van der Waals surface area contributed by atoms with Gasteiger partial charge in [-0.15, -0.1) is 0 Å². The lowest BCUT2D eigenvalue weighted by molar-refractivity contribution is -0.118. The Balaban J connectivity index is 1.54. The van der Waals surface area contributed by atoms with Gasteiger partial charge < -0.3 is 10.2 Å². The predicted molar refractivity (Wildman–Crippen MR) is 93.8 cm³/mol. The van der Waals surface area contributed by atoms with Crippen LogP contribution < -0.4 is 10.2 Å². The molecule has 0 aromatic heterocycles. The molecular weight excluding hydrogens is 303 g/mol. The molecule has 4 rings (SSSR count). The van der Waals surface area contributed by atoms with Gasteiger partial charge in [-0.05, 0) is 49.9 Å². The number of carbonyl (C=O) groups excluding carboxylic acids is 1. The Kier molecular flexibility index (Phi) is 3.75. The van der Waals surface area contributed by atoms with E-state index in [1.807, 2.05) is 18.2 Å². The lowest BCUT2D eigenvalue weighted by Gasteiger charge is -2.20. The molecule has 0 spiro atoms. The van der Waals surface area contributed by atoms with Gasteiger partial charge in [0.2, 0.25) is 5.91 Å². The number of nitrogens with one attached hydrogen (secondary N) is 1. The molecule has 24 heavy (non-hydrogen) atoms. The molecule has 124 valence electrons. The molecule has 4 heteroatoms. The third kappa shape index (κ3) is 2.66. The summed E-state index contributed by atoms with van der Waals surface area (Å²) in [4.78, 5) is 15.1. The van der Waals surface area contributed by atoms with Crippen LogP contribution in [-0.4, -0.2) is 19.0 Å². The highest BCUT2D eigenvalue weighted by Crippen LogP contribution is 2.49. The first kappa shape index (κ1) is 15.2. The molecule has 3 nitrogen and oxygen atoms in total. The predicted octanol–water partition coefficient (Wildman–Crippen LogP) is 4.10. The van der Waals surface area contributed by atoms with E-state index in [-0.39, 0.29) is 11.7 Å². The van der Waals surface area contributed by atoms with Crippen LogP contribution in [0.15, 0.2) is 48.5 Å². The Morgan fingerprint density at radius 2 is 1.79 bits per heavy atom. The maximum atomic E-state index is 14.1. The highest BCUT2D eigenvalue weighted by atomic mass is 19.1. The minimum atomic E-state index is -0.699. The summed E-state index contributed by atoms with van der Waals surface area (Å²) >= 11 is 0. The molecule has 2 aromatic carbocycles. The summed E-state index contributed by atoms with van der Waals surface area (Å²) in [5.41, 5.74) is 1.74. The summed E-state index contributed by atoms with van der Waals surface area (Å²) in [6, 6.07) is 14.6. The molecule has 1 aliphatic carbocycles. The summed E-state index contributed by atoms with van der Waals surface area (Å²) in [6.45, 7) is 2.13. The molecule has 1 amide bonds. The van der Waals surface area contributed by atoms with Crippen molar-refractivity contribution in [1.29, 1.82) is 0 Å². The lowest BCUT2D eigenvalue weighted by atomic mass is 9.94. The summed E-state index contributed by atoms with van der Waals surface area (Å²) in [7, 11) is 0. The summed E-state index contributed by atoms with van der Waals surface area (Å²) < 4.78 is 14.1. The van der Waals surface area contributed by atoms with Gasteiger partial charge in [0.1, 0.15) is 5.82 Å². The Hall–Kier alpha value is -2.36. The highest BCUT2D eigenvalue weighted by molar-refractivity contribution is 6.01. The van der Waals surface area contributed by atoms with E-state index >= 15 is 0 Å². The van der Waals surface area contributed by atoms with Gasteiger partial charge in [-0.1, -0.05) is 24.3 Å². The van der Waals surface area contributed by atoms with Crippen molar-refractivity contribution in [3.8, 4) is 0 Å². The second-order valence-corrected chi connectivity index (χ2v) is 6.76. The average Bonchev–Trinajstić information content (AvgIpc) is 3.21. The van der Waals surface area contributed by atoms with E-state index in [9.17, 15) is 9.18 Å². The molecule has 0 radical (unpaired) electrons. The maximum absolute atomic E-state index is 14.1. The van der Waals surface area contributed by atoms with E-state index in [1.54, 1.807) is 18.2 Å². The Labute approximate surface area is 141 Å². The van der Waals surface area contributed by atoms with Gasteiger partial charge in [0.25, 0.3) is 0 Å². The smallest absolute Gasteiger partial charge is 0.235 e. The number of carbonyl (C=O) groups is 1. The topological polar surface area (TPSA) is 32.3 Å². The van der Waals surface area contributed by atoms with Crippen LogP contribution in [0.25, 0.3) is 0 Å². The van der Waals surface area contributed by atoms with Crippen molar-refractivity contribution in [3.63, 3.8) is 0 Å². The van der Waals surface area contributed by atoms with Crippen molar-refractivity contribution in [3.05, 3.63) is 59.9 Å². The first-order valence-corrected chi connectivity index (χ1v) is 8.60. The molecule has 0 unspecified atom stereocenters. The van der Waals surface area contributed by atoms with Gasteiger partial charge >= 0.3 is 0 Å². The van der Waals surface area contributed by atoms with Crippen LogP contribution in [0, 0.1) is 5.82 Å². The van der Waals surface area contributed by atoms with Crippen molar-refractivity contribution in [2.75, 3.05) is 23.3 Å². The number of amides is 1. The molecule has 1 heterocycles. The maximum Gasteiger partial charge on any atom is 0.235 e. The molecule has 1 saturated heterocycles. The summed E-state index contributed by atoms with van der Waals surface area (Å²) in [5, 5.41) is 3.00. The molecule has 0 bridgehead atoms. The lowest BCUT2D eigenvalue weighted by Crippen LogP contribution is -2.28. The molecule has 1 aliphatic heterocycles. The summed E-state index contributed by atoms with van der Waals surface area (Å²) in [5.74, 6) is -0.401. The zero-order chi connectivity index (χ0) is 16.6. The third-order valence-corrected chi connectivity index (χ3v) is 5.15. The Morgan fingerprint density at radius 1 is 1.04 bits per heavy atom. The van der Waals surface area contributed by atoms with E-state index < -0.39 is 5.41 Å². The quantitative estimate of drug-likeness (QED) is 0.918. The van der Waals surface area contributed by atoms with E-state index in [2.05, 4.69) is 16.3 Å². The zero-order valence-electron chi connectivity index (χ0n) is 13.6. The van der Waals surface area contributed by atoms with Crippen LogP contribution in [0.1, 0.15) is 31.2 Å². The van der Waals surface area contributed by atoms with Crippen molar-refractivity contribution < 1.29 is 9.18 Å².